The Morgan fingerprint density at radius 1 is 1.00 bits per heavy atom. The highest BCUT2D eigenvalue weighted by atomic mass is 32.2. The molecule has 5 rings (SSSR count). The molecule has 38 heavy (non-hydrogen) atoms. The second-order valence-corrected chi connectivity index (χ2v) is 11.7. The summed E-state index contributed by atoms with van der Waals surface area (Å²) >= 11 is 2.81. The normalized spacial score (nSPS) is 12.0. The highest BCUT2D eigenvalue weighted by molar-refractivity contribution is 8.00. The first kappa shape index (κ1) is 25.9. The number of nitrogens with zero attached hydrogens (tertiary/aromatic N) is 2. The van der Waals surface area contributed by atoms with Crippen LogP contribution in [0.5, 0.6) is 0 Å². The van der Waals surface area contributed by atoms with Crippen molar-refractivity contribution >= 4 is 44.9 Å². The molecule has 1 atom stereocenters. The molecule has 1 N–H and O–H groups in total. The minimum atomic E-state index is -0.478. The molecule has 0 aliphatic carbocycles. The second-order valence-electron chi connectivity index (χ2n) is 9.16. The van der Waals surface area contributed by atoms with E-state index in [4.69, 9.17) is 4.98 Å². The Morgan fingerprint density at radius 3 is 2.37 bits per heavy atom. The second kappa shape index (κ2) is 11.0. The number of anilines is 1. The lowest BCUT2D eigenvalue weighted by atomic mass is 10.0. The van der Waals surface area contributed by atoms with E-state index < -0.39 is 5.25 Å². The first-order valence-electron chi connectivity index (χ1n) is 12.6. The molecule has 7 heteroatoms. The van der Waals surface area contributed by atoms with Gasteiger partial charge in [0, 0.05) is 16.1 Å². The molecule has 0 spiro atoms. The Hall–Kier alpha value is -3.68. The van der Waals surface area contributed by atoms with Gasteiger partial charge in [-0.05, 0) is 56.0 Å². The van der Waals surface area contributed by atoms with Crippen molar-refractivity contribution in [2.45, 2.75) is 44.5 Å². The molecule has 1 unspecified atom stereocenters. The Kier molecular flexibility index (Phi) is 7.49. The molecule has 192 valence electrons. The summed E-state index contributed by atoms with van der Waals surface area (Å²) in [5.41, 5.74) is 5.48. The fraction of sp³-hybridized carbons (Fsp3) is 0.194. The highest BCUT2D eigenvalue weighted by Gasteiger charge is 2.24. The number of hydrogen-bond donors (Lipinski definition) is 1. The van der Waals surface area contributed by atoms with Crippen molar-refractivity contribution in [1.29, 1.82) is 0 Å². The standard InChI is InChI=1S/C31H29N3O2S2/c1-5-22-16-12-13-19(2)27(22)32-28(35)21(4)38-31-33-29-26(30(36)34(31)24-17-10-7-11-18-24)25(20(3)37-29)23-14-8-6-9-15-23/h6-18,21H,5H2,1-4H3,(H,32,35). The topological polar surface area (TPSA) is 64.0 Å². The summed E-state index contributed by atoms with van der Waals surface area (Å²) in [5, 5.41) is 3.75. The van der Waals surface area contributed by atoms with Gasteiger partial charge in [-0.1, -0.05) is 85.4 Å². The van der Waals surface area contributed by atoms with Crippen LogP contribution in [0.4, 0.5) is 5.69 Å². The molecule has 5 aromatic rings. The largest absolute Gasteiger partial charge is 0.325 e. The van der Waals surface area contributed by atoms with Gasteiger partial charge in [-0.25, -0.2) is 4.98 Å². The molecule has 5 nitrogen and oxygen atoms in total. The van der Waals surface area contributed by atoms with E-state index >= 15 is 0 Å². The van der Waals surface area contributed by atoms with Gasteiger partial charge in [-0.3, -0.25) is 14.2 Å². The van der Waals surface area contributed by atoms with Crippen LogP contribution in [0.25, 0.3) is 27.0 Å². The number of aryl methyl sites for hydroxylation is 3. The Morgan fingerprint density at radius 2 is 1.68 bits per heavy atom. The zero-order chi connectivity index (χ0) is 26.8. The van der Waals surface area contributed by atoms with Crippen LogP contribution in [0.2, 0.25) is 0 Å². The molecule has 0 saturated carbocycles. The van der Waals surface area contributed by atoms with Gasteiger partial charge in [0.2, 0.25) is 5.91 Å². The summed E-state index contributed by atoms with van der Waals surface area (Å²) in [4.78, 5) is 34.2. The molecule has 1 amide bonds. The maximum Gasteiger partial charge on any atom is 0.268 e. The number of para-hydroxylation sites is 2. The third kappa shape index (κ3) is 4.91. The molecule has 0 bridgehead atoms. The molecule has 0 saturated heterocycles. The van der Waals surface area contributed by atoms with E-state index in [0.29, 0.717) is 15.4 Å². The third-order valence-electron chi connectivity index (χ3n) is 6.59. The number of fused-ring (bicyclic) bond motifs is 1. The molecule has 2 aromatic heterocycles. The van der Waals surface area contributed by atoms with Crippen LogP contribution in [-0.2, 0) is 11.2 Å². The summed E-state index contributed by atoms with van der Waals surface area (Å²) in [7, 11) is 0. The fourth-order valence-electron chi connectivity index (χ4n) is 4.62. The van der Waals surface area contributed by atoms with Gasteiger partial charge < -0.3 is 5.32 Å². The van der Waals surface area contributed by atoms with Crippen LogP contribution in [0.3, 0.4) is 0 Å². The lowest BCUT2D eigenvalue weighted by Crippen LogP contribution is -2.26. The zero-order valence-electron chi connectivity index (χ0n) is 21.8. The molecule has 0 fully saturated rings. The summed E-state index contributed by atoms with van der Waals surface area (Å²) in [5.74, 6) is -0.125. The van der Waals surface area contributed by atoms with E-state index in [1.807, 2.05) is 99.6 Å². The summed E-state index contributed by atoms with van der Waals surface area (Å²) in [6.07, 6.45) is 0.825. The smallest absolute Gasteiger partial charge is 0.268 e. The van der Waals surface area contributed by atoms with Crippen LogP contribution < -0.4 is 10.9 Å². The first-order valence-corrected chi connectivity index (χ1v) is 14.3. The first-order chi connectivity index (χ1) is 18.4. The van der Waals surface area contributed by atoms with Gasteiger partial charge in [0.15, 0.2) is 5.16 Å². The average molecular weight is 540 g/mol. The van der Waals surface area contributed by atoms with E-state index in [2.05, 4.69) is 12.2 Å². The number of rotatable bonds is 7. The number of thiophene rings is 1. The van der Waals surface area contributed by atoms with Crippen LogP contribution in [0.15, 0.2) is 88.8 Å². The lowest BCUT2D eigenvalue weighted by Gasteiger charge is -2.18. The number of thioether (sulfide) groups is 1. The predicted molar refractivity (Wildman–Crippen MR) is 160 cm³/mol. The van der Waals surface area contributed by atoms with Gasteiger partial charge >= 0.3 is 0 Å². The summed E-state index contributed by atoms with van der Waals surface area (Å²) < 4.78 is 1.64. The van der Waals surface area contributed by atoms with E-state index in [0.717, 1.165) is 44.9 Å². The van der Waals surface area contributed by atoms with Crippen molar-refractivity contribution < 1.29 is 4.79 Å². The van der Waals surface area contributed by atoms with Crippen molar-refractivity contribution in [3.63, 3.8) is 0 Å². The fourth-order valence-corrected chi connectivity index (χ4v) is 6.63. The van der Waals surface area contributed by atoms with Crippen LogP contribution in [-0.4, -0.2) is 20.7 Å². The molecule has 3 aromatic carbocycles. The number of nitrogens with one attached hydrogen (secondary N) is 1. The van der Waals surface area contributed by atoms with Crippen molar-refractivity contribution in [1.82, 2.24) is 9.55 Å². The highest BCUT2D eigenvalue weighted by Crippen LogP contribution is 2.37. The van der Waals surface area contributed by atoms with Crippen LogP contribution in [0, 0.1) is 13.8 Å². The monoisotopic (exact) mass is 539 g/mol. The Bertz CT molecular complexity index is 1680. The number of carbonyl (C=O) groups excluding carboxylic acids is 1. The Balaban J connectivity index is 1.59. The van der Waals surface area contributed by atoms with Gasteiger partial charge in [0.1, 0.15) is 4.83 Å². The van der Waals surface area contributed by atoms with Crippen molar-refractivity contribution in [3.8, 4) is 16.8 Å². The molecule has 2 heterocycles. The van der Waals surface area contributed by atoms with Crippen LogP contribution >= 0.6 is 23.1 Å². The van der Waals surface area contributed by atoms with Gasteiger partial charge in [0.25, 0.3) is 5.56 Å². The predicted octanol–water partition coefficient (Wildman–Crippen LogP) is 7.41. The molecular formula is C31H29N3O2S2. The number of amides is 1. The lowest BCUT2D eigenvalue weighted by molar-refractivity contribution is -0.115. The van der Waals surface area contributed by atoms with E-state index in [1.54, 1.807) is 4.57 Å². The van der Waals surface area contributed by atoms with E-state index in [-0.39, 0.29) is 11.5 Å². The maximum atomic E-state index is 14.1. The van der Waals surface area contributed by atoms with E-state index in [9.17, 15) is 9.59 Å². The van der Waals surface area contributed by atoms with Crippen molar-refractivity contribution in [2.24, 2.45) is 0 Å². The van der Waals surface area contributed by atoms with Crippen molar-refractivity contribution in [3.05, 3.63) is 105 Å². The van der Waals surface area contributed by atoms with E-state index in [1.165, 1.54) is 23.1 Å². The SMILES string of the molecule is CCc1cccc(C)c1NC(=O)C(C)Sc1nc2sc(C)c(-c3ccccc3)c2c(=O)n1-c1ccccc1. The maximum absolute atomic E-state index is 14.1. The molecule has 0 aliphatic rings. The van der Waals surface area contributed by atoms with Gasteiger partial charge in [-0.2, -0.15) is 0 Å². The summed E-state index contributed by atoms with van der Waals surface area (Å²) in [6.45, 7) is 7.95. The molecule has 0 radical (unpaired) electrons. The van der Waals surface area contributed by atoms with Gasteiger partial charge in [-0.15, -0.1) is 11.3 Å². The minimum Gasteiger partial charge on any atom is -0.325 e. The number of carbonyl (C=O) groups is 1. The number of benzene rings is 3. The quantitative estimate of drug-likeness (QED) is 0.173. The third-order valence-corrected chi connectivity index (χ3v) is 8.64. The number of hydrogen-bond acceptors (Lipinski definition) is 5. The van der Waals surface area contributed by atoms with Crippen molar-refractivity contribution in [2.75, 3.05) is 5.32 Å². The summed E-state index contributed by atoms with van der Waals surface area (Å²) in [6, 6.07) is 25.5. The molecular weight excluding hydrogens is 510 g/mol. The Labute approximate surface area is 230 Å². The molecule has 0 aliphatic heterocycles. The average Bonchev–Trinajstić information content (AvgIpc) is 3.26. The number of aromatic nitrogens is 2. The van der Waals surface area contributed by atoms with Crippen LogP contribution in [0.1, 0.15) is 29.9 Å². The van der Waals surface area contributed by atoms with Gasteiger partial charge in [0.05, 0.1) is 16.3 Å². The zero-order valence-corrected chi connectivity index (χ0v) is 23.5. The minimum absolute atomic E-state index is 0.125.